The SMILES string of the molecule is CC(C)N1CCN(c2ccc(Cl)cc2C(=N)N)CC1. The molecule has 1 aromatic rings. The van der Waals surface area contributed by atoms with E-state index in [4.69, 9.17) is 22.7 Å². The first-order valence-corrected chi connectivity index (χ1v) is 7.00. The van der Waals surface area contributed by atoms with Crippen LogP contribution in [0.25, 0.3) is 0 Å². The van der Waals surface area contributed by atoms with Crippen molar-refractivity contribution in [1.29, 1.82) is 5.41 Å². The van der Waals surface area contributed by atoms with E-state index in [1.807, 2.05) is 12.1 Å². The fourth-order valence-electron chi connectivity index (χ4n) is 2.48. The standard InChI is InChI=1S/C14H21ClN4/c1-10(2)18-5-7-19(8-6-18)13-4-3-11(15)9-12(13)14(16)17/h3-4,9-10H,5-8H2,1-2H3,(H3,16,17). The van der Waals surface area contributed by atoms with Crippen molar-refractivity contribution in [3.05, 3.63) is 28.8 Å². The average Bonchev–Trinajstić information content (AvgIpc) is 2.38. The third-order valence-electron chi connectivity index (χ3n) is 3.63. The quantitative estimate of drug-likeness (QED) is 0.659. The number of nitrogens with one attached hydrogen (secondary N) is 1. The summed E-state index contributed by atoms with van der Waals surface area (Å²) in [6.07, 6.45) is 0. The summed E-state index contributed by atoms with van der Waals surface area (Å²) < 4.78 is 0. The minimum absolute atomic E-state index is 0.0730. The molecule has 0 spiro atoms. The van der Waals surface area contributed by atoms with Gasteiger partial charge in [0, 0.05) is 48.5 Å². The van der Waals surface area contributed by atoms with Crippen LogP contribution >= 0.6 is 11.6 Å². The Morgan fingerprint density at radius 3 is 2.42 bits per heavy atom. The van der Waals surface area contributed by atoms with E-state index < -0.39 is 0 Å². The summed E-state index contributed by atoms with van der Waals surface area (Å²) in [5.41, 5.74) is 7.39. The van der Waals surface area contributed by atoms with Crippen LogP contribution in [0.5, 0.6) is 0 Å². The molecule has 1 heterocycles. The normalized spacial score (nSPS) is 16.9. The van der Waals surface area contributed by atoms with Crippen LogP contribution in [0.2, 0.25) is 5.02 Å². The zero-order valence-electron chi connectivity index (χ0n) is 11.5. The van der Waals surface area contributed by atoms with Crippen LogP contribution in [0.4, 0.5) is 5.69 Å². The number of nitrogens with zero attached hydrogens (tertiary/aromatic N) is 2. The molecule has 0 bridgehead atoms. The second kappa shape index (κ2) is 5.80. The molecule has 0 unspecified atom stereocenters. The lowest BCUT2D eigenvalue weighted by molar-refractivity contribution is 0.209. The van der Waals surface area contributed by atoms with Crippen molar-refractivity contribution < 1.29 is 0 Å². The molecule has 5 heteroatoms. The largest absolute Gasteiger partial charge is 0.384 e. The van der Waals surface area contributed by atoms with Gasteiger partial charge in [-0.3, -0.25) is 10.3 Å². The molecule has 4 nitrogen and oxygen atoms in total. The lowest BCUT2D eigenvalue weighted by Crippen LogP contribution is -2.49. The number of anilines is 1. The number of hydrogen-bond acceptors (Lipinski definition) is 3. The van der Waals surface area contributed by atoms with Crippen molar-refractivity contribution in [3.8, 4) is 0 Å². The van der Waals surface area contributed by atoms with Gasteiger partial charge in [0.25, 0.3) is 0 Å². The second-order valence-electron chi connectivity index (χ2n) is 5.19. The van der Waals surface area contributed by atoms with E-state index in [1.54, 1.807) is 6.07 Å². The Labute approximate surface area is 119 Å². The number of nitrogen functional groups attached to an aromatic ring is 1. The van der Waals surface area contributed by atoms with Crippen molar-refractivity contribution in [2.45, 2.75) is 19.9 Å². The van der Waals surface area contributed by atoms with Crippen LogP contribution in [0.1, 0.15) is 19.4 Å². The lowest BCUT2D eigenvalue weighted by atomic mass is 10.1. The van der Waals surface area contributed by atoms with Crippen LogP contribution in [0.3, 0.4) is 0 Å². The summed E-state index contributed by atoms with van der Waals surface area (Å²) in [6.45, 7) is 8.44. The number of piperazine rings is 1. The van der Waals surface area contributed by atoms with E-state index in [0.717, 1.165) is 37.4 Å². The number of hydrogen-bond donors (Lipinski definition) is 2. The first kappa shape index (κ1) is 14.2. The van der Waals surface area contributed by atoms with Crippen molar-refractivity contribution in [2.24, 2.45) is 5.73 Å². The smallest absolute Gasteiger partial charge is 0.124 e. The topological polar surface area (TPSA) is 56.4 Å². The van der Waals surface area contributed by atoms with Gasteiger partial charge in [0.2, 0.25) is 0 Å². The number of rotatable bonds is 3. The Hall–Kier alpha value is -1.26. The highest BCUT2D eigenvalue weighted by Crippen LogP contribution is 2.25. The van der Waals surface area contributed by atoms with E-state index >= 15 is 0 Å². The highest BCUT2D eigenvalue weighted by atomic mass is 35.5. The fourth-order valence-corrected chi connectivity index (χ4v) is 2.65. The Morgan fingerprint density at radius 2 is 1.89 bits per heavy atom. The van der Waals surface area contributed by atoms with E-state index in [2.05, 4.69) is 23.6 Å². The van der Waals surface area contributed by atoms with Gasteiger partial charge in [0.15, 0.2) is 0 Å². The maximum Gasteiger partial charge on any atom is 0.124 e. The summed E-state index contributed by atoms with van der Waals surface area (Å²) in [5, 5.41) is 8.30. The molecule has 2 rings (SSSR count). The molecule has 0 amide bonds. The molecule has 0 radical (unpaired) electrons. The predicted molar refractivity (Wildman–Crippen MR) is 81.4 cm³/mol. The van der Waals surface area contributed by atoms with Gasteiger partial charge in [0.05, 0.1) is 0 Å². The zero-order chi connectivity index (χ0) is 14.0. The van der Waals surface area contributed by atoms with E-state index in [9.17, 15) is 0 Å². The molecule has 1 aliphatic heterocycles. The van der Waals surface area contributed by atoms with Gasteiger partial charge in [-0.25, -0.2) is 0 Å². The average molecular weight is 281 g/mol. The zero-order valence-corrected chi connectivity index (χ0v) is 12.2. The third kappa shape index (κ3) is 3.19. The summed E-state index contributed by atoms with van der Waals surface area (Å²) >= 11 is 5.99. The van der Waals surface area contributed by atoms with Crippen LogP contribution < -0.4 is 10.6 Å². The van der Waals surface area contributed by atoms with Crippen molar-refractivity contribution in [2.75, 3.05) is 31.1 Å². The first-order valence-electron chi connectivity index (χ1n) is 6.62. The van der Waals surface area contributed by atoms with Gasteiger partial charge in [-0.05, 0) is 32.0 Å². The third-order valence-corrected chi connectivity index (χ3v) is 3.87. The molecular weight excluding hydrogens is 260 g/mol. The number of nitrogens with two attached hydrogens (primary N) is 1. The van der Waals surface area contributed by atoms with Gasteiger partial charge in [-0.1, -0.05) is 11.6 Å². The highest BCUT2D eigenvalue weighted by Gasteiger charge is 2.21. The van der Waals surface area contributed by atoms with Crippen molar-refractivity contribution in [3.63, 3.8) is 0 Å². The monoisotopic (exact) mass is 280 g/mol. The number of amidine groups is 1. The maximum atomic E-state index is 7.68. The Kier molecular flexibility index (Phi) is 4.32. The molecule has 3 N–H and O–H groups in total. The van der Waals surface area contributed by atoms with Gasteiger partial charge in [0.1, 0.15) is 5.84 Å². The van der Waals surface area contributed by atoms with Crippen molar-refractivity contribution >= 4 is 23.1 Å². The summed E-state index contributed by atoms with van der Waals surface area (Å²) in [7, 11) is 0. The number of benzene rings is 1. The Balaban J connectivity index is 2.17. The van der Waals surface area contributed by atoms with E-state index in [0.29, 0.717) is 11.1 Å². The molecule has 1 aliphatic rings. The summed E-state index contributed by atoms with van der Waals surface area (Å²) in [6, 6.07) is 6.18. The predicted octanol–water partition coefficient (Wildman–Crippen LogP) is 2.15. The summed E-state index contributed by atoms with van der Waals surface area (Å²) in [4.78, 5) is 4.74. The lowest BCUT2D eigenvalue weighted by Gasteiger charge is -2.38. The molecule has 0 saturated carbocycles. The molecule has 0 atom stereocenters. The number of halogens is 1. The second-order valence-corrected chi connectivity index (χ2v) is 5.63. The first-order chi connectivity index (χ1) is 8.99. The minimum Gasteiger partial charge on any atom is -0.384 e. The van der Waals surface area contributed by atoms with Gasteiger partial charge >= 0.3 is 0 Å². The van der Waals surface area contributed by atoms with Gasteiger partial charge < -0.3 is 10.6 Å². The molecule has 1 fully saturated rings. The van der Waals surface area contributed by atoms with Crippen molar-refractivity contribution in [1.82, 2.24) is 4.90 Å². The fraction of sp³-hybridized carbons (Fsp3) is 0.500. The van der Waals surface area contributed by atoms with Crippen LogP contribution in [0, 0.1) is 5.41 Å². The Bertz CT molecular complexity index is 465. The molecule has 104 valence electrons. The van der Waals surface area contributed by atoms with Gasteiger partial charge in [-0.2, -0.15) is 0 Å². The Morgan fingerprint density at radius 1 is 1.26 bits per heavy atom. The van der Waals surface area contributed by atoms with Crippen LogP contribution in [-0.2, 0) is 0 Å². The van der Waals surface area contributed by atoms with E-state index in [-0.39, 0.29) is 5.84 Å². The van der Waals surface area contributed by atoms with Crippen LogP contribution in [0.15, 0.2) is 18.2 Å². The van der Waals surface area contributed by atoms with E-state index in [1.165, 1.54) is 0 Å². The molecule has 0 aromatic heterocycles. The molecule has 1 aromatic carbocycles. The molecular formula is C14H21ClN4. The van der Waals surface area contributed by atoms with Crippen LogP contribution in [-0.4, -0.2) is 43.0 Å². The molecule has 19 heavy (non-hydrogen) atoms. The van der Waals surface area contributed by atoms with Gasteiger partial charge in [-0.15, -0.1) is 0 Å². The highest BCUT2D eigenvalue weighted by molar-refractivity contribution is 6.31. The maximum absolute atomic E-state index is 7.68. The molecule has 0 aliphatic carbocycles. The molecule has 1 saturated heterocycles. The summed E-state index contributed by atoms with van der Waals surface area (Å²) in [5.74, 6) is 0.0730. The minimum atomic E-state index is 0.0730.